The van der Waals surface area contributed by atoms with Gasteiger partial charge >= 0.3 is 6.18 Å². The Morgan fingerprint density at radius 3 is 2.20 bits per heavy atom. The lowest BCUT2D eigenvalue weighted by atomic mass is 9.92. The molecular formula is C20H20F4S. The Kier molecular flexibility index (Phi) is 5.38. The summed E-state index contributed by atoms with van der Waals surface area (Å²) in [6.07, 6.45) is 1.36. The van der Waals surface area contributed by atoms with Gasteiger partial charge in [-0.05, 0) is 79.3 Å². The Labute approximate surface area is 151 Å². The molecule has 0 N–H and O–H groups in total. The van der Waals surface area contributed by atoms with Crippen molar-refractivity contribution in [1.82, 2.24) is 0 Å². The van der Waals surface area contributed by atoms with Gasteiger partial charge in [-0.3, -0.25) is 0 Å². The minimum Gasteiger partial charge on any atom is -0.239 e. The fourth-order valence-corrected chi connectivity index (χ4v) is 2.63. The number of allylic oxidation sites excluding steroid dienone is 6. The third kappa shape index (κ3) is 4.88. The van der Waals surface area contributed by atoms with Crippen LogP contribution in [0.4, 0.5) is 17.6 Å². The van der Waals surface area contributed by atoms with Gasteiger partial charge < -0.3 is 0 Å². The molecule has 0 saturated carbocycles. The number of rotatable bonds is 4. The number of alkyl halides is 4. The van der Waals surface area contributed by atoms with Crippen molar-refractivity contribution in [2.24, 2.45) is 0 Å². The fourth-order valence-electron chi connectivity index (χ4n) is 2.46. The monoisotopic (exact) mass is 368 g/mol. The molecular weight excluding hydrogens is 348 g/mol. The Hall–Kier alpha value is -1.75. The predicted octanol–water partition coefficient (Wildman–Crippen LogP) is 7.01. The van der Waals surface area contributed by atoms with E-state index in [1.165, 1.54) is 19.9 Å². The molecule has 0 unspecified atom stereocenters. The lowest BCUT2D eigenvalue weighted by molar-refractivity contribution is -0.137. The van der Waals surface area contributed by atoms with Crippen LogP contribution in [0.1, 0.15) is 43.9 Å². The second-order valence-corrected chi connectivity index (χ2v) is 7.17. The molecule has 0 heterocycles. The third-order valence-corrected chi connectivity index (χ3v) is 4.48. The summed E-state index contributed by atoms with van der Waals surface area (Å²) in [5, 5.41) is 0. The summed E-state index contributed by atoms with van der Waals surface area (Å²) < 4.78 is 53.8. The van der Waals surface area contributed by atoms with Crippen molar-refractivity contribution in [2.45, 2.75) is 39.0 Å². The number of benzene rings is 1. The summed E-state index contributed by atoms with van der Waals surface area (Å²) in [7, 11) is 0. The molecule has 1 aliphatic rings. The van der Waals surface area contributed by atoms with Crippen LogP contribution in [-0.2, 0) is 11.8 Å². The Morgan fingerprint density at radius 2 is 1.68 bits per heavy atom. The van der Waals surface area contributed by atoms with Crippen LogP contribution in [-0.4, -0.2) is 0 Å². The van der Waals surface area contributed by atoms with E-state index in [1.54, 1.807) is 6.08 Å². The van der Waals surface area contributed by atoms with Gasteiger partial charge in [0.25, 0.3) is 0 Å². The van der Waals surface area contributed by atoms with Gasteiger partial charge in [-0.25, -0.2) is 4.39 Å². The molecule has 25 heavy (non-hydrogen) atoms. The quantitative estimate of drug-likeness (QED) is 0.330. The first kappa shape index (κ1) is 19.6. The summed E-state index contributed by atoms with van der Waals surface area (Å²) in [4.78, 5) is 0.718. The Balaban J connectivity index is 2.38. The summed E-state index contributed by atoms with van der Waals surface area (Å²) in [6, 6.07) is 3.43. The van der Waals surface area contributed by atoms with Gasteiger partial charge in [0.05, 0.1) is 5.56 Å². The first-order chi connectivity index (χ1) is 11.4. The van der Waals surface area contributed by atoms with Crippen LogP contribution in [0.5, 0.6) is 0 Å². The highest BCUT2D eigenvalue weighted by Crippen LogP contribution is 2.38. The normalized spacial score (nSPS) is 15.9. The Bertz CT molecular complexity index is 755. The first-order valence-corrected chi connectivity index (χ1v) is 8.21. The maximum Gasteiger partial charge on any atom is 0.416 e. The SMILES string of the molecule is C=C(C)/C(S)=C/C1=CC=C(c2cc(C(C)(C)F)cc(C(F)(F)F)c2)C1. The lowest BCUT2D eigenvalue weighted by Gasteiger charge is -2.19. The average molecular weight is 368 g/mol. The molecule has 2 rings (SSSR count). The van der Waals surface area contributed by atoms with Gasteiger partial charge in [-0.1, -0.05) is 18.7 Å². The highest BCUT2D eigenvalue weighted by Gasteiger charge is 2.33. The number of hydrogen-bond acceptors (Lipinski definition) is 1. The van der Waals surface area contributed by atoms with Crippen LogP contribution in [0.15, 0.2) is 59.1 Å². The van der Waals surface area contributed by atoms with Crippen molar-refractivity contribution >= 4 is 18.2 Å². The molecule has 0 aliphatic heterocycles. The van der Waals surface area contributed by atoms with Crippen LogP contribution in [0.25, 0.3) is 5.57 Å². The molecule has 0 saturated heterocycles. The molecule has 134 valence electrons. The highest BCUT2D eigenvalue weighted by atomic mass is 32.1. The van der Waals surface area contributed by atoms with Crippen LogP contribution in [0, 0.1) is 0 Å². The average Bonchev–Trinajstić information content (AvgIpc) is 2.93. The molecule has 0 amide bonds. The topological polar surface area (TPSA) is 0 Å². The second kappa shape index (κ2) is 6.87. The maximum atomic E-state index is 14.3. The van der Waals surface area contributed by atoms with Crippen molar-refractivity contribution in [1.29, 1.82) is 0 Å². The van der Waals surface area contributed by atoms with Crippen molar-refractivity contribution in [3.63, 3.8) is 0 Å². The van der Waals surface area contributed by atoms with E-state index in [1.807, 2.05) is 19.1 Å². The molecule has 1 aromatic carbocycles. The molecule has 0 bridgehead atoms. The smallest absolute Gasteiger partial charge is 0.239 e. The zero-order valence-electron chi connectivity index (χ0n) is 14.3. The molecule has 0 aromatic heterocycles. The van der Waals surface area contributed by atoms with Crippen molar-refractivity contribution < 1.29 is 17.6 Å². The van der Waals surface area contributed by atoms with Gasteiger partial charge in [0.2, 0.25) is 0 Å². The molecule has 5 heteroatoms. The number of thiol groups is 1. The largest absolute Gasteiger partial charge is 0.416 e. The molecule has 0 nitrogen and oxygen atoms in total. The van der Waals surface area contributed by atoms with Crippen molar-refractivity contribution in [3.05, 3.63) is 75.7 Å². The van der Waals surface area contributed by atoms with Gasteiger partial charge in [0.15, 0.2) is 0 Å². The van der Waals surface area contributed by atoms with Crippen LogP contribution >= 0.6 is 12.6 Å². The number of hydrogen-bond donors (Lipinski definition) is 1. The van der Waals surface area contributed by atoms with Crippen LogP contribution in [0.3, 0.4) is 0 Å². The summed E-state index contributed by atoms with van der Waals surface area (Å²) in [5.74, 6) is 0. The van der Waals surface area contributed by atoms with Crippen LogP contribution in [0.2, 0.25) is 0 Å². The van der Waals surface area contributed by atoms with E-state index in [-0.39, 0.29) is 5.56 Å². The van der Waals surface area contributed by atoms with Gasteiger partial charge in [0, 0.05) is 4.91 Å². The van der Waals surface area contributed by atoms with Gasteiger partial charge in [-0.15, -0.1) is 12.6 Å². The molecule has 0 atom stereocenters. The van der Waals surface area contributed by atoms with Crippen LogP contribution < -0.4 is 0 Å². The van der Waals surface area contributed by atoms with E-state index in [4.69, 9.17) is 0 Å². The summed E-state index contributed by atoms with van der Waals surface area (Å²) in [6.45, 7) is 8.12. The predicted molar refractivity (Wildman–Crippen MR) is 98.1 cm³/mol. The minimum atomic E-state index is -4.52. The zero-order chi connectivity index (χ0) is 19.0. The summed E-state index contributed by atoms with van der Waals surface area (Å²) >= 11 is 4.32. The van der Waals surface area contributed by atoms with E-state index < -0.39 is 17.4 Å². The number of halogens is 4. The van der Waals surface area contributed by atoms with Crippen molar-refractivity contribution in [2.75, 3.05) is 0 Å². The molecule has 1 aromatic rings. The molecule has 0 radical (unpaired) electrons. The van der Waals surface area contributed by atoms with Crippen molar-refractivity contribution in [3.8, 4) is 0 Å². The molecule has 0 fully saturated rings. The van der Waals surface area contributed by atoms with E-state index >= 15 is 0 Å². The fraction of sp³-hybridized carbons (Fsp3) is 0.300. The standard InChI is InChI=1S/C20H20F4S/c1-12(2)18(25)8-13-5-6-14(7-13)15-9-16(19(3,4)21)11-17(10-15)20(22,23)24/h5-6,8-11,25H,1,7H2,2-4H3/b18-8-. The van der Waals surface area contributed by atoms with E-state index in [2.05, 4.69) is 19.2 Å². The van der Waals surface area contributed by atoms with Gasteiger partial charge in [-0.2, -0.15) is 13.2 Å². The van der Waals surface area contributed by atoms with Gasteiger partial charge in [0.1, 0.15) is 5.67 Å². The summed E-state index contributed by atoms with van der Waals surface area (Å²) in [5.41, 5.74) is 0.131. The highest BCUT2D eigenvalue weighted by molar-refractivity contribution is 7.84. The van der Waals surface area contributed by atoms with E-state index in [0.717, 1.165) is 28.2 Å². The third-order valence-electron chi connectivity index (χ3n) is 3.97. The zero-order valence-corrected chi connectivity index (χ0v) is 15.2. The molecule has 0 spiro atoms. The van der Waals surface area contributed by atoms with E-state index in [9.17, 15) is 17.6 Å². The van der Waals surface area contributed by atoms with E-state index in [0.29, 0.717) is 17.6 Å². The lowest BCUT2D eigenvalue weighted by Crippen LogP contribution is -2.13. The second-order valence-electron chi connectivity index (χ2n) is 6.69. The maximum absolute atomic E-state index is 14.3. The first-order valence-electron chi connectivity index (χ1n) is 7.76. The Morgan fingerprint density at radius 1 is 1.08 bits per heavy atom. The minimum absolute atomic E-state index is 0.0130. The molecule has 1 aliphatic carbocycles.